The van der Waals surface area contributed by atoms with Gasteiger partial charge in [-0.15, -0.1) is 24.0 Å². The van der Waals surface area contributed by atoms with Gasteiger partial charge >= 0.3 is 0 Å². The third-order valence-corrected chi connectivity index (χ3v) is 6.41. The summed E-state index contributed by atoms with van der Waals surface area (Å²) in [7, 11) is 1.71. The van der Waals surface area contributed by atoms with Gasteiger partial charge in [0.2, 0.25) is 0 Å². The number of hydrogen-bond acceptors (Lipinski definition) is 5. The van der Waals surface area contributed by atoms with E-state index in [2.05, 4.69) is 46.4 Å². The van der Waals surface area contributed by atoms with Crippen LogP contribution in [-0.4, -0.2) is 87.9 Å². The molecule has 32 heavy (non-hydrogen) atoms. The average Bonchev–Trinajstić information content (AvgIpc) is 2.83. The molecule has 0 saturated carbocycles. The highest BCUT2D eigenvalue weighted by atomic mass is 127. The van der Waals surface area contributed by atoms with Crippen LogP contribution in [0.5, 0.6) is 5.75 Å². The van der Waals surface area contributed by atoms with Gasteiger partial charge in [0.15, 0.2) is 5.96 Å². The van der Waals surface area contributed by atoms with Crippen molar-refractivity contribution in [1.29, 1.82) is 0 Å². The molecule has 2 fully saturated rings. The summed E-state index contributed by atoms with van der Waals surface area (Å²) in [5.74, 6) is 1.80. The van der Waals surface area contributed by atoms with Crippen molar-refractivity contribution in [2.45, 2.75) is 45.2 Å². The standard InChI is InChI=1S/C24H41N5O2.HI/c1-4-25-24(26-18-21-8-6-7-13-28(21)5-2)27-19-23(29-14-16-31-17-15-29)20-9-11-22(30-3)12-10-20;/h9-12,21,23H,4-8,13-19H2,1-3H3,(H2,25,26,27);1H. The maximum atomic E-state index is 5.59. The summed E-state index contributed by atoms with van der Waals surface area (Å²) >= 11 is 0. The van der Waals surface area contributed by atoms with E-state index in [0.717, 1.165) is 57.6 Å². The zero-order valence-electron chi connectivity index (χ0n) is 20.0. The highest BCUT2D eigenvalue weighted by Crippen LogP contribution is 2.24. The molecule has 0 radical (unpaired) electrons. The monoisotopic (exact) mass is 559 g/mol. The fourth-order valence-corrected chi connectivity index (χ4v) is 4.59. The molecule has 1 aromatic rings. The van der Waals surface area contributed by atoms with Crippen molar-refractivity contribution in [1.82, 2.24) is 20.4 Å². The minimum atomic E-state index is 0. The van der Waals surface area contributed by atoms with E-state index >= 15 is 0 Å². The fourth-order valence-electron chi connectivity index (χ4n) is 4.59. The number of likely N-dealkylation sites (tertiary alicyclic amines) is 1. The molecule has 2 heterocycles. The van der Waals surface area contributed by atoms with Gasteiger partial charge in [0.1, 0.15) is 5.75 Å². The predicted octanol–water partition coefficient (Wildman–Crippen LogP) is 3.12. The first-order valence-electron chi connectivity index (χ1n) is 12.0. The molecule has 182 valence electrons. The first-order chi connectivity index (χ1) is 15.2. The molecular weight excluding hydrogens is 517 g/mol. The molecule has 0 bridgehead atoms. The van der Waals surface area contributed by atoms with E-state index in [1.165, 1.54) is 31.4 Å². The zero-order chi connectivity index (χ0) is 21.9. The Morgan fingerprint density at radius 1 is 1.12 bits per heavy atom. The first kappa shape index (κ1) is 27.1. The lowest BCUT2D eigenvalue weighted by atomic mass is 10.0. The van der Waals surface area contributed by atoms with Crippen molar-refractivity contribution in [3.05, 3.63) is 29.8 Å². The van der Waals surface area contributed by atoms with E-state index < -0.39 is 0 Å². The van der Waals surface area contributed by atoms with Gasteiger partial charge in [-0.1, -0.05) is 25.5 Å². The Kier molecular flexibility index (Phi) is 12.7. The van der Waals surface area contributed by atoms with Gasteiger partial charge in [0, 0.05) is 32.2 Å². The van der Waals surface area contributed by atoms with Gasteiger partial charge in [-0.05, 0) is 50.6 Å². The number of hydrogen-bond donors (Lipinski definition) is 2. The number of methoxy groups -OCH3 is 1. The number of guanidine groups is 1. The second-order valence-electron chi connectivity index (χ2n) is 8.32. The minimum Gasteiger partial charge on any atom is -0.497 e. The lowest BCUT2D eigenvalue weighted by molar-refractivity contribution is 0.0179. The van der Waals surface area contributed by atoms with Crippen LogP contribution in [0.15, 0.2) is 29.3 Å². The van der Waals surface area contributed by atoms with Gasteiger partial charge < -0.3 is 20.1 Å². The summed E-state index contributed by atoms with van der Waals surface area (Å²) in [5, 5.41) is 7.06. The topological polar surface area (TPSA) is 61.4 Å². The van der Waals surface area contributed by atoms with Crippen molar-refractivity contribution in [2.75, 3.05) is 66.1 Å². The van der Waals surface area contributed by atoms with Crippen LogP contribution in [0.4, 0.5) is 0 Å². The molecule has 2 unspecified atom stereocenters. The molecule has 8 heteroatoms. The normalized spacial score (nSPS) is 21.5. The largest absolute Gasteiger partial charge is 0.497 e. The fraction of sp³-hybridized carbons (Fsp3) is 0.708. The quantitative estimate of drug-likeness (QED) is 0.276. The molecule has 0 spiro atoms. The van der Waals surface area contributed by atoms with Crippen LogP contribution in [0.3, 0.4) is 0 Å². The Hall–Kier alpha value is -1.10. The molecule has 2 aliphatic rings. The van der Waals surface area contributed by atoms with Crippen LogP contribution in [0.25, 0.3) is 0 Å². The van der Waals surface area contributed by atoms with Crippen molar-refractivity contribution in [3.8, 4) is 5.75 Å². The molecule has 7 nitrogen and oxygen atoms in total. The van der Waals surface area contributed by atoms with Crippen LogP contribution in [-0.2, 0) is 4.74 Å². The Balaban J connectivity index is 0.00000363. The number of benzene rings is 1. The smallest absolute Gasteiger partial charge is 0.191 e. The molecule has 0 aliphatic carbocycles. The molecular formula is C24H42IN5O2. The lowest BCUT2D eigenvalue weighted by Gasteiger charge is -2.35. The molecule has 2 atom stereocenters. The number of piperidine rings is 1. The molecule has 0 aromatic heterocycles. The number of aliphatic imine (C=N–C) groups is 1. The van der Waals surface area contributed by atoms with Crippen molar-refractivity contribution >= 4 is 29.9 Å². The third kappa shape index (κ3) is 8.04. The molecule has 2 saturated heterocycles. The zero-order valence-corrected chi connectivity index (χ0v) is 22.3. The van der Waals surface area contributed by atoms with E-state index in [9.17, 15) is 0 Å². The minimum absolute atomic E-state index is 0. The van der Waals surface area contributed by atoms with Gasteiger partial charge in [0.05, 0.1) is 32.9 Å². The number of halogens is 1. The summed E-state index contributed by atoms with van der Waals surface area (Å²) < 4.78 is 10.9. The number of ether oxygens (including phenoxy) is 2. The maximum absolute atomic E-state index is 5.59. The second kappa shape index (κ2) is 14.9. The van der Waals surface area contributed by atoms with E-state index in [1.807, 2.05) is 12.1 Å². The van der Waals surface area contributed by atoms with Crippen molar-refractivity contribution in [3.63, 3.8) is 0 Å². The van der Waals surface area contributed by atoms with E-state index in [1.54, 1.807) is 7.11 Å². The Morgan fingerprint density at radius 3 is 2.53 bits per heavy atom. The molecule has 3 rings (SSSR count). The highest BCUT2D eigenvalue weighted by Gasteiger charge is 2.24. The Labute approximate surface area is 211 Å². The lowest BCUT2D eigenvalue weighted by Crippen LogP contribution is -2.49. The van der Waals surface area contributed by atoms with Crippen LogP contribution < -0.4 is 15.4 Å². The SMILES string of the molecule is CCNC(=NCC(c1ccc(OC)cc1)N1CCOCC1)NCC1CCCCN1CC.I. The summed E-state index contributed by atoms with van der Waals surface area (Å²) in [6.45, 7) is 12.7. The van der Waals surface area contributed by atoms with Gasteiger partial charge in [-0.2, -0.15) is 0 Å². The van der Waals surface area contributed by atoms with Crippen LogP contribution in [0.1, 0.15) is 44.7 Å². The highest BCUT2D eigenvalue weighted by molar-refractivity contribution is 14.0. The van der Waals surface area contributed by atoms with Crippen LogP contribution in [0, 0.1) is 0 Å². The van der Waals surface area contributed by atoms with Crippen molar-refractivity contribution < 1.29 is 9.47 Å². The van der Waals surface area contributed by atoms with E-state index in [0.29, 0.717) is 12.6 Å². The van der Waals surface area contributed by atoms with Gasteiger partial charge in [-0.3, -0.25) is 14.8 Å². The molecule has 2 N–H and O–H groups in total. The predicted molar refractivity (Wildman–Crippen MR) is 142 cm³/mol. The van der Waals surface area contributed by atoms with Crippen molar-refractivity contribution in [2.24, 2.45) is 4.99 Å². The number of rotatable bonds is 9. The number of nitrogens with zero attached hydrogens (tertiary/aromatic N) is 3. The number of likely N-dealkylation sites (N-methyl/N-ethyl adjacent to an activating group) is 1. The third-order valence-electron chi connectivity index (χ3n) is 6.41. The van der Waals surface area contributed by atoms with Crippen LogP contribution in [0.2, 0.25) is 0 Å². The number of nitrogens with one attached hydrogen (secondary N) is 2. The molecule has 0 amide bonds. The number of morpholine rings is 1. The summed E-state index contributed by atoms with van der Waals surface area (Å²) in [4.78, 5) is 10.1. The summed E-state index contributed by atoms with van der Waals surface area (Å²) in [6.07, 6.45) is 3.91. The molecule has 1 aromatic carbocycles. The van der Waals surface area contributed by atoms with Gasteiger partial charge in [0.25, 0.3) is 0 Å². The Bertz CT molecular complexity index is 667. The average molecular weight is 560 g/mol. The maximum Gasteiger partial charge on any atom is 0.191 e. The van der Waals surface area contributed by atoms with E-state index in [-0.39, 0.29) is 30.0 Å². The molecule has 2 aliphatic heterocycles. The summed E-state index contributed by atoms with van der Waals surface area (Å²) in [5.41, 5.74) is 1.27. The van der Waals surface area contributed by atoms with Gasteiger partial charge in [-0.25, -0.2) is 0 Å². The van der Waals surface area contributed by atoms with Crippen LogP contribution >= 0.6 is 24.0 Å². The second-order valence-corrected chi connectivity index (χ2v) is 8.32. The Morgan fingerprint density at radius 2 is 1.88 bits per heavy atom. The van der Waals surface area contributed by atoms with E-state index in [4.69, 9.17) is 14.5 Å². The first-order valence-corrected chi connectivity index (χ1v) is 12.0. The summed E-state index contributed by atoms with van der Waals surface area (Å²) in [6, 6.07) is 9.23.